The van der Waals surface area contributed by atoms with E-state index in [1.54, 1.807) is 0 Å². The van der Waals surface area contributed by atoms with Gasteiger partial charge in [-0.3, -0.25) is 0 Å². The minimum atomic E-state index is -4.64. The maximum Gasteiger partial charge on any atom is 0.389 e. The monoisotopic (exact) mass is 245 g/mol. The molecular weight excluding hydrogens is 241 g/mol. The molecule has 0 saturated heterocycles. The van der Waals surface area contributed by atoms with Crippen LogP contribution in [0.1, 0.15) is 12.0 Å². The summed E-state index contributed by atoms with van der Waals surface area (Å²) in [7, 11) is 0. The zero-order chi connectivity index (χ0) is 12.5. The third-order valence-corrected chi connectivity index (χ3v) is 1.79. The molecule has 1 aromatic rings. The van der Waals surface area contributed by atoms with Gasteiger partial charge in [-0.2, -0.15) is 13.2 Å². The van der Waals surface area contributed by atoms with E-state index >= 15 is 0 Å². The van der Waals surface area contributed by atoms with E-state index in [0.29, 0.717) is 0 Å². The predicted molar refractivity (Wildman–Crippen MR) is 39.5 cm³/mol. The first-order valence-electron chi connectivity index (χ1n) is 4.03. The Kier molecular flexibility index (Phi) is 3.44. The van der Waals surface area contributed by atoms with Crippen LogP contribution < -0.4 is 0 Å². The first kappa shape index (κ1) is 12.8. The summed E-state index contributed by atoms with van der Waals surface area (Å²) in [5.41, 5.74) is -1.16. The third-order valence-electron chi connectivity index (χ3n) is 1.79. The summed E-state index contributed by atoms with van der Waals surface area (Å²) in [5, 5.41) is 0. The molecule has 1 rings (SSSR count). The lowest BCUT2D eigenvalue weighted by Gasteiger charge is -2.08. The molecule has 16 heavy (non-hydrogen) atoms. The van der Waals surface area contributed by atoms with Crippen LogP contribution in [-0.2, 0) is 6.42 Å². The van der Waals surface area contributed by atoms with E-state index in [0.717, 1.165) is 0 Å². The van der Waals surface area contributed by atoms with Crippen molar-refractivity contribution < 1.29 is 30.7 Å². The Morgan fingerprint density at radius 2 is 1.44 bits per heavy atom. The maximum absolute atomic E-state index is 12.9. The molecule has 0 aliphatic carbocycles. The van der Waals surface area contributed by atoms with E-state index in [-0.39, 0.29) is 0 Å². The van der Waals surface area contributed by atoms with Gasteiger partial charge in [0.1, 0.15) is 5.82 Å². The maximum atomic E-state index is 12.9. The Hall–Kier alpha value is -1.27. The van der Waals surface area contributed by atoms with Gasteiger partial charge in [-0.05, 0) is 6.42 Å². The van der Waals surface area contributed by atoms with Crippen molar-refractivity contribution in [2.24, 2.45) is 0 Å². The second kappa shape index (κ2) is 4.31. The first-order valence-corrected chi connectivity index (χ1v) is 4.03. The van der Waals surface area contributed by atoms with E-state index in [4.69, 9.17) is 0 Å². The van der Waals surface area contributed by atoms with Crippen molar-refractivity contribution in [3.05, 3.63) is 34.9 Å². The zero-order valence-electron chi connectivity index (χ0n) is 7.56. The molecule has 0 amide bonds. The molecule has 0 aromatic heterocycles. The summed E-state index contributed by atoms with van der Waals surface area (Å²) in [5.74, 6) is -7.53. The van der Waals surface area contributed by atoms with E-state index < -0.39 is 47.9 Å². The second-order valence-corrected chi connectivity index (χ2v) is 2.97. The molecule has 0 N–H and O–H groups in total. The molecule has 89 valence electrons. The number of hydrogen-bond acceptors (Lipinski definition) is 0. The number of alkyl halides is 3. The molecule has 1 aromatic carbocycles. The fraction of sp³-hybridized carbons (Fsp3) is 0.333. The normalized spacial score (nSPS) is 11.9. The highest BCUT2D eigenvalue weighted by molar-refractivity contribution is 5.21. The molecule has 0 bridgehead atoms. The quantitative estimate of drug-likeness (QED) is 0.424. The summed E-state index contributed by atoms with van der Waals surface area (Å²) in [6.45, 7) is 0. The van der Waals surface area contributed by atoms with Crippen LogP contribution in [0, 0.1) is 29.3 Å². The summed E-state index contributed by atoms with van der Waals surface area (Å²) >= 11 is 0. The minimum absolute atomic E-state index is 1.10. The Morgan fingerprint density at radius 3 is 1.94 bits per heavy atom. The highest BCUT2D eigenvalue weighted by Gasteiger charge is 2.29. The van der Waals surface area contributed by atoms with Gasteiger partial charge in [0.05, 0.1) is 6.07 Å². The molecule has 0 unspecified atom stereocenters. The standard InChI is InChI=1S/C9H4F7/c10-5-3-6(11)8(13)7(12)4(5)1-2-9(14,15)16/h1-2H2. The molecule has 7 heteroatoms. The lowest BCUT2D eigenvalue weighted by molar-refractivity contribution is -0.134. The van der Waals surface area contributed by atoms with Gasteiger partial charge in [0.25, 0.3) is 0 Å². The molecule has 0 fully saturated rings. The van der Waals surface area contributed by atoms with Crippen LogP contribution >= 0.6 is 0 Å². The van der Waals surface area contributed by atoms with Gasteiger partial charge < -0.3 is 0 Å². The molecule has 0 nitrogen and oxygen atoms in total. The van der Waals surface area contributed by atoms with Gasteiger partial charge in [-0.1, -0.05) is 0 Å². The molecule has 0 atom stereocenters. The molecule has 0 spiro atoms. The van der Waals surface area contributed by atoms with Crippen LogP contribution in [0.15, 0.2) is 0 Å². The topological polar surface area (TPSA) is 0 Å². The average Bonchev–Trinajstić information content (AvgIpc) is 2.12. The molecule has 1 radical (unpaired) electrons. The van der Waals surface area contributed by atoms with Crippen LogP contribution in [0.3, 0.4) is 0 Å². The summed E-state index contributed by atoms with van der Waals surface area (Å²) in [6.07, 6.45) is -7.27. The zero-order valence-corrected chi connectivity index (χ0v) is 7.56. The molecule has 0 saturated carbocycles. The Morgan fingerprint density at radius 1 is 0.875 bits per heavy atom. The highest BCUT2D eigenvalue weighted by Crippen LogP contribution is 2.25. The number of halogens is 7. The predicted octanol–water partition coefficient (Wildman–Crippen LogP) is 3.54. The minimum Gasteiger partial charge on any atom is -0.206 e. The third kappa shape index (κ3) is 2.86. The van der Waals surface area contributed by atoms with Gasteiger partial charge in [0, 0.05) is 12.0 Å². The fourth-order valence-electron chi connectivity index (χ4n) is 1.04. The fourth-order valence-corrected chi connectivity index (χ4v) is 1.04. The van der Waals surface area contributed by atoms with Crippen molar-refractivity contribution in [2.45, 2.75) is 19.0 Å². The van der Waals surface area contributed by atoms with Gasteiger partial charge in [-0.15, -0.1) is 0 Å². The van der Waals surface area contributed by atoms with Crippen LogP contribution in [0.25, 0.3) is 0 Å². The van der Waals surface area contributed by atoms with Gasteiger partial charge in [0.15, 0.2) is 17.5 Å². The second-order valence-electron chi connectivity index (χ2n) is 2.97. The van der Waals surface area contributed by atoms with Crippen molar-refractivity contribution in [2.75, 3.05) is 0 Å². The Balaban J connectivity index is 3.01. The van der Waals surface area contributed by atoms with Crippen LogP contribution in [0.2, 0.25) is 0 Å². The summed E-state index contributed by atoms with van der Waals surface area (Å²) in [6, 6.07) is 1.17. The van der Waals surface area contributed by atoms with Crippen LogP contribution in [-0.4, -0.2) is 6.18 Å². The number of benzene rings is 1. The molecule has 0 aliphatic rings. The number of hydrogen-bond donors (Lipinski definition) is 0. The van der Waals surface area contributed by atoms with E-state index in [9.17, 15) is 30.7 Å². The van der Waals surface area contributed by atoms with E-state index in [2.05, 4.69) is 0 Å². The van der Waals surface area contributed by atoms with Gasteiger partial charge in [0.2, 0.25) is 0 Å². The van der Waals surface area contributed by atoms with Crippen molar-refractivity contribution in [1.29, 1.82) is 0 Å². The van der Waals surface area contributed by atoms with Crippen molar-refractivity contribution in [3.8, 4) is 0 Å². The first-order chi connectivity index (χ1) is 7.22. The lowest BCUT2D eigenvalue weighted by atomic mass is 10.1. The van der Waals surface area contributed by atoms with E-state index in [1.807, 2.05) is 0 Å². The van der Waals surface area contributed by atoms with Gasteiger partial charge >= 0.3 is 6.18 Å². The van der Waals surface area contributed by atoms with Crippen molar-refractivity contribution in [3.63, 3.8) is 0 Å². The SMILES string of the molecule is Fc1[c]c(F)c(CCC(F)(F)F)c(F)c1F. The number of rotatable bonds is 2. The van der Waals surface area contributed by atoms with E-state index in [1.165, 1.54) is 6.07 Å². The molecule has 0 aliphatic heterocycles. The largest absolute Gasteiger partial charge is 0.389 e. The van der Waals surface area contributed by atoms with Crippen molar-refractivity contribution >= 4 is 0 Å². The van der Waals surface area contributed by atoms with Crippen LogP contribution in [0.5, 0.6) is 0 Å². The molecule has 0 heterocycles. The van der Waals surface area contributed by atoms with Crippen molar-refractivity contribution in [1.82, 2.24) is 0 Å². The average molecular weight is 245 g/mol. The molecular formula is C9H4F7. The smallest absolute Gasteiger partial charge is 0.206 e. The lowest BCUT2D eigenvalue weighted by Crippen LogP contribution is -2.11. The summed E-state index contributed by atoms with van der Waals surface area (Å²) < 4.78 is 85.9. The summed E-state index contributed by atoms with van der Waals surface area (Å²) in [4.78, 5) is 0. The van der Waals surface area contributed by atoms with Crippen LogP contribution in [0.4, 0.5) is 30.7 Å². The Bertz CT molecular complexity index is 394. The van der Waals surface area contributed by atoms with Gasteiger partial charge in [-0.25, -0.2) is 17.6 Å². The highest BCUT2D eigenvalue weighted by atomic mass is 19.4. The Labute approximate surface area is 85.7 Å².